The second-order valence-corrected chi connectivity index (χ2v) is 28.5. The van der Waals surface area contributed by atoms with Crippen molar-refractivity contribution in [3.63, 3.8) is 0 Å². The standard InChI is InChI=1S/C83H161NO5/c1-3-5-7-9-11-13-15-17-19-21-22-23-35-38-41-44-47-51-55-59-63-67-71-75-81(86)80(79-85)84-82(87)76-72-68-64-60-56-52-48-45-42-39-36-33-31-29-27-25-24-26-28-30-32-34-37-40-43-46-50-54-58-62-66-70-74-78-89-83(88)77-73-69-65-61-57-53-49-20-18-16-14-12-10-8-6-4-2/h20,49,71,75,80-81,85-86H,3-19,21-48,50-70,72-74,76-79H2,1-2H3,(H,84,87)/b49-20-,75-71+. The Morgan fingerprint density at radius 3 is 0.798 bits per heavy atom. The molecule has 0 saturated heterocycles. The Morgan fingerprint density at radius 2 is 0.528 bits per heavy atom. The quantitative estimate of drug-likeness (QED) is 0.0320. The van der Waals surface area contributed by atoms with Gasteiger partial charge in [-0.25, -0.2) is 0 Å². The Kier molecular flexibility index (Phi) is 77.3. The molecular formula is C83H161NO5. The molecule has 89 heavy (non-hydrogen) atoms. The Labute approximate surface area is 558 Å². The highest BCUT2D eigenvalue weighted by Crippen LogP contribution is 2.20. The fourth-order valence-corrected chi connectivity index (χ4v) is 13.2. The third-order valence-electron chi connectivity index (χ3n) is 19.5. The molecule has 0 heterocycles. The summed E-state index contributed by atoms with van der Waals surface area (Å²) in [6.45, 7) is 4.96. The molecule has 0 aromatic carbocycles. The summed E-state index contributed by atoms with van der Waals surface area (Å²) in [6, 6.07) is -0.625. The topological polar surface area (TPSA) is 95.9 Å². The molecule has 1 amide bonds. The average Bonchev–Trinajstić information content (AvgIpc) is 3.64. The minimum absolute atomic E-state index is 0.0151. The van der Waals surface area contributed by atoms with Crippen molar-refractivity contribution in [1.29, 1.82) is 0 Å². The summed E-state index contributed by atoms with van der Waals surface area (Å²) in [6.07, 6.45) is 102. The van der Waals surface area contributed by atoms with E-state index in [1.165, 1.54) is 398 Å². The van der Waals surface area contributed by atoms with E-state index in [1.807, 2.05) is 6.08 Å². The highest BCUT2D eigenvalue weighted by atomic mass is 16.5. The first-order valence-electron chi connectivity index (χ1n) is 41.1. The van der Waals surface area contributed by atoms with E-state index >= 15 is 0 Å². The van der Waals surface area contributed by atoms with Crippen LogP contribution in [0, 0.1) is 0 Å². The van der Waals surface area contributed by atoms with Gasteiger partial charge in [0, 0.05) is 12.8 Å². The van der Waals surface area contributed by atoms with Crippen LogP contribution in [0.4, 0.5) is 0 Å². The summed E-state index contributed by atoms with van der Waals surface area (Å²) >= 11 is 0. The van der Waals surface area contributed by atoms with Crippen molar-refractivity contribution in [2.24, 2.45) is 0 Å². The van der Waals surface area contributed by atoms with Gasteiger partial charge in [0.2, 0.25) is 5.91 Å². The maximum atomic E-state index is 12.6. The molecule has 0 fully saturated rings. The van der Waals surface area contributed by atoms with Crippen LogP contribution in [-0.2, 0) is 14.3 Å². The van der Waals surface area contributed by atoms with Crippen LogP contribution in [0.3, 0.4) is 0 Å². The zero-order valence-corrected chi connectivity index (χ0v) is 60.7. The van der Waals surface area contributed by atoms with Gasteiger partial charge in [0.1, 0.15) is 0 Å². The fraction of sp³-hybridized carbons (Fsp3) is 0.928. The lowest BCUT2D eigenvalue weighted by molar-refractivity contribution is -0.143. The van der Waals surface area contributed by atoms with Crippen molar-refractivity contribution in [3.8, 4) is 0 Å². The average molecular weight is 1250 g/mol. The number of rotatable bonds is 78. The predicted molar refractivity (Wildman–Crippen MR) is 393 cm³/mol. The molecule has 2 atom stereocenters. The molecule has 528 valence electrons. The summed E-state index contributed by atoms with van der Waals surface area (Å²) in [7, 11) is 0. The van der Waals surface area contributed by atoms with E-state index in [0.717, 1.165) is 44.9 Å². The van der Waals surface area contributed by atoms with Crippen LogP contribution in [0.1, 0.15) is 470 Å². The number of hydrogen-bond acceptors (Lipinski definition) is 5. The smallest absolute Gasteiger partial charge is 0.305 e. The third-order valence-corrected chi connectivity index (χ3v) is 19.5. The number of carbonyl (C=O) groups is 2. The van der Waals surface area contributed by atoms with Crippen molar-refractivity contribution in [1.82, 2.24) is 5.32 Å². The van der Waals surface area contributed by atoms with Crippen LogP contribution >= 0.6 is 0 Å². The van der Waals surface area contributed by atoms with Gasteiger partial charge in [0.05, 0.1) is 25.4 Å². The van der Waals surface area contributed by atoms with Crippen LogP contribution in [0.5, 0.6) is 0 Å². The van der Waals surface area contributed by atoms with E-state index in [0.29, 0.717) is 19.4 Å². The number of esters is 1. The number of nitrogens with one attached hydrogen (secondary N) is 1. The molecule has 6 nitrogen and oxygen atoms in total. The highest BCUT2D eigenvalue weighted by Gasteiger charge is 2.18. The van der Waals surface area contributed by atoms with Crippen molar-refractivity contribution >= 4 is 11.9 Å². The number of hydrogen-bond donors (Lipinski definition) is 3. The number of aliphatic hydroxyl groups excluding tert-OH is 2. The summed E-state index contributed by atoms with van der Waals surface area (Å²) in [5.41, 5.74) is 0. The fourth-order valence-electron chi connectivity index (χ4n) is 13.2. The van der Waals surface area contributed by atoms with Gasteiger partial charge in [-0.05, 0) is 57.8 Å². The first kappa shape index (κ1) is 87.3. The van der Waals surface area contributed by atoms with E-state index in [9.17, 15) is 19.8 Å². The maximum absolute atomic E-state index is 12.6. The number of unbranched alkanes of at least 4 members (excludes halogenated alkanes) is 65. The molecular weight excluding hydrogens is 1090 g/mol. The van der Waals surface area contributed by atoms with Gasteiger partial charge in [-0.3, -0.25) is 9.59 Å². The van der Waals surface area contributed by atoms with Crippen LogP contribution in [-0.4, -0.2) is 47.4 Å². The van der Waals surface area contributed by atoms with Crippen molar-refractivity contribution in [2.75, 3.05) is 13.2 Å². The minimum Gasteiger partial charge on any atom is -0.466 e. The first-order chi connectivity index (χ1) is 44.0. The SMILES string of the molecule is CCCCCCCCC/C=C\CCCCCCCC(=O)OCCCCCCCCCCCCCCCCCCCCCCCCCCCCCCCCCCCC(=O)NC(CO)C(O)/C=C/CCCCCCCCCCCCCCCCCCCCCCC. The molecule has 0 aliphatic heterocycles. The van der Waals surface area contributed by atoms with Gasteiger partial charge < -0.3 is 20.3 Å². The molecule has 0 aromatic rings. The van der Waals surface area contributed by atoms with Gasteiger partial charge in [0.25, 0.3) is 0 Å². The zero-order valence-electron chi connectivity index (χ0n) is 60.7. The molecule has 0 aliphatic rings. The lowest BCUT2D eigenvalue weighted by Crippen LogP contribution is -2.45. The molecule has 2 unspecified atom stereocenters. The summed E-state index contributed by atoms with van der Waals surface area (Å²) in [5.74, 6) is -0.0426. The van der Waals surface area contributed by atoms with Crippen LogP contribution in [0.2, 0.25) is 0 Å². The predicted octanol–water partition coefficient (Wildman–Crippen LogP) is 27.2. The molecule has 0 spiro atoms. The Bertz CT molecular complexity index is 1400. The molecule has 0 aromatic heterocycles. The second-order valence-electron chi connectivity index (χ2n) is 28.5. The Balaban J connectivity index is 3.34. The van der Waals surface area contributed by atoms with Crippen LogP contribution < -0.4 is 5.32 Å². The lowest BCUT2D eigenvalue weighted by atomic mass is 10.0. The van der Waals surface area contributed by atoms with Gasteiger partial charge in [-0.1, -0.05) is 423 Å². The number of allylic oxidation sites excluding steroid dienone is 3. The Morgan fingerprint density at radius 1 is 0.303 bits per heavy atom. The van der Waals surface area contributed by atoms with E-state index in [2.05, 4.69) is 31.3 Å². The summed E-state index contributed by atoms with van der Waals surface area (Å²) in [5, 5.41) is 23.3. The molecule has 0 aliphatic carbocycles. The summed E-state index contributed by atoms with van der Waals surface area (Å²) < 4.78 is 5.51. The number of carbonyl (C=O) groups excluding carboxylic acids is 2. The molecule has 0 radical (unpaired) electrons. The van der Waals surface area contributed by atoms with Crippen molar-refractivity contribution in [3.05, 3.63) is 24.3 Å². The first-order valence-corrected chi connectivity index (χ1v) is 41.1. The molecule has 6 heteroatoms. The molecule has 3 N–H and O–H groups in total. The maximum Gasteiger partial charge on any atom is 0.305 e. The lowest BCUT2D eigenvalue weighted by Gasteiger charge is -2.20. The highest BCUT2D eigenvalue weighted by molar-refractivity contribution is 5.76. The third kappa shape index (κ3) is 75.3. The van der Waals surface area contributed by atoms with E-state index in [4.69, 9.17) is 4.74 Å². The zero-order chi connectivity index (χ0) is 64.2. The molecule has 0 saturated carbocycles. The van der Waals surface area contributed by atoms with E-state index in [1.54, 1.807) is 6.08 Å². The monoisotopic (exact) mass is 1250 g/mol. The van der Waals surface area contributed by atoms with E-state index < -0.39 is 12.1 Å². The molecule has 0 rings (SSSR count). The van der Waals surface area contributed by atoms with Gasteiger partial charge in [-0.15, -0.1) is 0 Å². The normalized spacial score (nSPS) is 12.5. The molecule has 0 bridgehead atoms. The summed E-state index contributed by atoms with van der Waals surface area (Å²) in [4.78, 5) is 24.7. The van der Waals surface area contributed by atoms with Crippen molar-refractivity contribution in [2.45, 2.75) is 482 Å². The number of aliphatic hydroxyl groups is 2. The van der Waals surface area contributed by atoms with Gasteiger partial charge >= 0.3 is 5.97 Å². The number of amides is 1. The van der Waals surface area contributed by atoms with Crippen molar-refractivity contribution < 1.29 is 24.5 Å². The second kappa shape index (κ2) is 78.8. The van der Waals surface area contributed by atoms with Crippen LogP contribution in [0.25, 0.3) is 0 Å². The van der Waals surface area contributed by atoms with Gasteiger partial charge in [0.15, 0.2) is 0 Å². The Hall–Kier alpha value is -1.66. The largest absolute Gasteiger partial charge is 0.466 e. The van der Waals surface area contributed by atoms with Gasteiger partial charge in [-0.2, -0.15) is 0 Å². The van der Waals surface area contributed by atoms with E-state index in [-0.39, 0.29) is 18.5 Å². The number of ether oxygens (including phenoxy) is 1. The van der Waals surface area contributed by atoms with Crippen LogP contribution in [0.15, 0.2) is 24.3 Å². The minimum atomic E-state index is -0.842.